The lowest BCUT2D eigenvalue weighted by molar-refractivity contribution is -0.137. The van der Waals surface area contributed by atoms with E-state index in [-0.39, 0.29) is 17.9 Å². The zero-order chi connectivity index (χ0) is 21.4. The second-order valence-electron chi connectivity index (χ2n) is 8.48. The molecule has 4 rings (SSSR count). The Balaban J connectivity index is 1.78. The second kappa shape index (κ2) is 8.34. The summed E-state index contributed by atoms with van der Waals surface area (Å²) >= 11 is 0. The van der Waals surface area contributed by atoms with Crippen molar-refractivity contribution in [2.45, 2.75) is 39.2 Å². The Labute approximate surface area is 178 Å². The van der Waals surface area contributed by atoms with Crippen LogP contribution < -0.4 is 4.74 Å². The highest BCUT2D eigenvalue weighted by atomic mass is 16.5. The van der Waals surface area contributed by atoms with Gasteiger partial charge >= 0.3 is 5.97 Å². The van der Waals surface area contributed by atoms with Gasteiger partial charge in [-0.25, -0.2) is 4.79 Å². The molecule has 1 saturated heterocycles. The number of carbonyl (C=O) groups is 1. The standard InChI is InChI=1S/C24H32N2O4/c1-6-15-12-26-8-7-16-22-19(9-14(2)10-21(22)29-4)25-23(16)20(26)11-17(15)18(13-28-3)24(27)30-5/h9-10,13,15,17,20,25H,6-8,11-12H2,1-5H3/b18-13+. The number of aromatic amines is 1. The minimum absolute atomic E-state index is 0.102. The Kier molecular flexibility index (Phi) is 5.78. The van der Waals surface area contributed by atoms with Crippen LogP contribution in [0.3, 0.4) is 0 Å². The van der Waals surface area contributed by atoms with Crippen LogP contribution in [-0.2, 0) is 20.7 Å². The second-order valence-corrected chi connectivity index (χ2v) is 8.48. The fourth-order valence-electron chi connectivity index (χ4n) is 5.49. The van der Waals surface area contributed by atoms with Crippen LogP contribution in [0.2, 0.25) is 0 Å². The Bertz CT molecular complexity index is 977. The number of methoxy groups -OCH3 is 3. The number of esters is 1. The van der Waals surface area contributed by atoms with Gasteiger partial charge in [0.25, 0.3) is 0 Å². The number of aromatic nitrogens is 1. The largest absolute Gasteiger partial charge is 0.504 e. The van der Waals surface area contributed by atoms with Crippen molar-refractivity contribution in [3.63, 3.8) is 0 Å². The molecule has 0 aliphatic carbocycles. The third-order valence-electron chi connectivity index (χ3n) is 6.89. The molecule has 2 aromatic rings. The first-order valence-electron chi connectivity index (χ1n) is 10.8. The van der Waals surface area contributed by atoms with Crippen LogP contribution in [0.4, 0.5) is 0 Å². The molecule has 1 aromatic carbocycles. The highest BCUT2D eigenvalue weighted by Crippen LogP contribution is 2.47. The van der Waals surface area contributed by atoms with Gasteiger partial charge in [0.2, 0.25) is 0 Å². The van der Waals surface area contributed by atoms with Crippen LogP contribution in [-0.4, -0.2) is 50.3 Å². The van der Waals surface area contributed by atoms with Gasteiger partial charge in [0, 0.05) is 29.7 Å². The van der Waals surface area contributed by atoms with Gasteiger partial charge in [-0.1, -0.05) is 13.3 Å². The Morgan fingerprint density at radius 3 is 2.77 bits per heavy atom. The number of carbonyl (C=O) groups excluding carboxylic acids is 1. The van der Waals surface area contributed by atoms with Crippen LogP contribution in [0.15, 0.2) is 24.0 Å². The fourth-order valence-corrected chi connectivity index (χ4v) is 5.49. The van der Waals surface area contributed by atoms with Crippen molar-refractivity contribution < 1.29 is 19.0 Å². The summed E-state index contributed by atoms with van der Waals surface area (Å²) in [5.41, 5.74) is 5.57. The van der Waals surface area contributed by atoms with Crippen molar-refractivity contribution in [1.29, 1.82) is 0 Å². The molecule has 6 nitrogen and oxygen atoms in total. The Hall–Kier alpha value is -2.47. The summed E-state index contributed by atoms with van der Waals surface area (Å²) in [4.78, 5) is 18.8. The van der Waals surface area contributed by atoms with Crippen LogP contribution in [0.1, 0.15) is 42.6 Å². The molecular weight excluding hydrogens is 380 g/mol. The molecular formula is C24H32N2O4. The van der Waals surface area contributed by atoms with E-state index >= 15 is 0 Å². The van der Waals surface area contributed by atoms with Gasteiger partial charge in [0.1, 0.15) is 5.75 Å². The highest BCUT2D eigenvalue weighted by Gasteiger charge is 2.42. The van der Waals surface area contributed by atoms with E-state index in [1.807, 2.05) is 0 Å². The number of H-pyrrole nitrogens is 1. The molecule has 1 N–H and O–H groups in total. The number of fused-ring (bicyclic) bond motifs is 5. The first-order valence-corrected chi connectivity index (χ1v) is 10.8. The van der Waals surface area contributed by atoms with Crippen molar-refractivity contribution in [3.8, 4) is 5.75 Å². The molecule has 0 bridgehead atoms. The average Bonchev–Trinajstić information content (AvgIpc) is 3.14. The maximum absolute atomic E-state index is 12.5. The normalized spacial score (nSPS) is 24.3. The van der Waals surface area contributed by atoms with E-state index in [4.69, 9.17) is 14.2 Å². The first kappa shape index (κ1) is 20.8. The van der Waals surface area contributed by atoms with Crippen molar-refractivity contribution in [3.05, 3.63) is 40.8 Å². The smallest absolute Gasteiger partial charge is 0.337 e. The number of benzene rings is 1. The Morgan fingerprint density at radius 2 is 2.10 bits per heavy atom. The summed E-state index contributed by atoms with van der Waals surface area (Å²) in [7, 11) is 4.76. The fraction of sp³-hybridized carbons (Fsp3) is 0.542. The minimum Gasteiger partial charge on any atom is -0.504 e. The average molecular weight is 413 g/mol. The third-order valence-corrected chi connectivity index (χ3v) is 6.89. The zero-order valence-corrected chi connectivity index (χ0v) is 18.6. The van der Waals surface area contributed by atoms with Gasteiger partial charge in [-0.3, -0.25) is 4.90 Å². The van der Waals surface area contributed by atoms with Crippen molar-refractivity contribution in [1.82, 2.24) is 9.88 Å². The van der Waals surface area contributed by atoms with Crippen LogP contribution >= 0.6 is 0 Å². The summed E-state index contributed by atoms with van der Waals surface area (Å²) in [5, 5.41) is 1.20. The molecule has 30 heavy (non-hydrogen) atoms. The minimum atomic E-state index is -0.293. The van der Waals surface area contributed by atoms with Gasteiger partial charge in [0.05, 0.1) is 39.2 Å². The molecule has 3 unspecified atom stereocenters. The van der Waals surface area contributed by atoms with E-state index < -0.39 is 0 Å². The highest BCUT2D eigenvalue weighted by molar-refractivity contribution is 5.92. The topological polar surface area (TPSA) is 63.8 Å². The Morgan fingerprint density at radius 1 is 1.30 bits per heavy atom. The van der Waals surface area contributed by atoms with Crippen molar-refractivity contribution in [2.75, 3.05) is 34.4 Å². The molecule has 0 saturated carbocycles. The number of rotatable bonds is 5. The summed E-state index contributed by atoms with van der Waals surface area (Å²) in [6, 6.07) is 4.54. The lowest BCUT2D eigenvalue weighted by Gasteiger charge is -2.46. The van der Waals surface area contributed by atoms with E-state index in [0.717, 1.165) is 43.6 Å². The molecule has 6 heteroatoms. The zero-order valence-electron chi connectivity index (χ0n) is 18.6. The summed E-state index contributed by atoms with van der Waals surface area (Å²) < 4.78 is 16.1. The number of nitrogens with one attached hydrogen (secondary N) is 1. The molecule has 1 aromatic heterocycles. The monoisotopic (exact) mass is 412 g/mol. The number of piperidine rings is 1. The molecule has 3 atom stereocenters. The molecule has 1 fully saturated rings. The predicted octanol–water partition coefficient (Wildman–Crippen LogP) is 4.13. The van der Waals surface area contributed by atoms with Crippen LogP contribution in [0.25, 0.3) is 10.9 Å². The summed E-state index contributed by atoms with van der Waals surface area (Å²) in [5.74, 6) is 1.14. The third kappa shape index (κ3) is 3.37. The summed E-state index contributed by atoms with van der Waals surface area (Å²) in [6.07, 6.45) is 4.46. The van der Waals surface area contributed by atoms with Crippen molar-refractivity contribution >= 4 is 16.9 Å². The molecule has 2 aliphatic heterocycles. The lowest BCUT2D eigenvalue weighted by atomic mass is 9.74. The van der Waals surface area contributed by atoms with Gasteiger partial charge in [-0.15, -0.1) is 0 Å². The van der Waals surface area contributed by atoms with Gasteiger partial charge in [-0.05, 0) is 54.9 Å². The molecule has 0 spiro atoms. The van der Waals surface area contributed by atoms with Gasteiger partial charge in [0.15, 0.2) is 0 Å². The van der Waals surface area contributed by atoms with E-state index in [1.165, 1.54) is 29.3 Å². The number of hydrogen-bond donors (Lipinski definition) is 1. The number of aryl methyl sites for hydroxylation is 1. The summed E-state index contributed by atoms with van der Waals surface area (Å²) in [6.45, 7) is 6.28. The van der Waals surface area contributed by atoms with Crippen molar-refractivity contribution in [2.24, 2.45) is 11.8 Å². The van der Waals surface area contributed by atoms with Crippen LogP contribution in [0, 0.1) is 18.8 Å². The molecule has 0 amide bonds. The number of nitrogens with zero attached hydrogens (tertiary/aromatic N) is 1. The maximum Gasteiger partial charge on any atom is 0.337 e. The predicted molar refractivity (Wildman–Crippen MR) is 117 cm³/mol. The number of ether oxygens (including phenoxy) is 3. The van der Waals surface area contributed by atoms with Crippen LogP contribution in [0.5, 0.6) is 5.75 Å². The first-order chi connectivity index (χ1) is 14.5. The maximum atomic E-state index is 12.5. The van der Waals surface area contributed by atoms with E-state index in [1.54, 1.807) is 20.5 Å². The molecule has 3 heterocycles. The van der Waals surface area contributed by atoms with E-state index in [9.17, 15) is 4.79 Å². The SMILES string of the molecule is CCC1CN2CCc3c([nH]c4cc(C)cc(OC)c34)C2CC1/C(=C\OC)C(=O)OC. The van der Waals surface area contributed by atoms with E-state index in [0.29, 0.717) is 11.5 Å². The van der Waals surface area contributed by atoms with Gasteiger partial charge in [-0.2, -0.15) is 0 Å². The lowest BCUT2D eigenvalue weighted by Crippen LogP contribution is -2.47. The number of hydrogen-bond acceptors (Lipinski definition) is 5. The van der Waals surface area contributed by atoms with Gasteiger partial charge < -0.3 is 19.2 Å². The molecule has 0 radical (unpaired) electrons. The molecule has 2 aliphatic rings. The van der Waals surface area contributed by atoms with E-state index in [2.05, 4.69) is 35.9 Å². The quantitative estimate of drug-likeness (QED) is 0.454. The molecule has 162 valence electrons.